The van der Waals surface area contributed by atoms with Gasteiger partial charge in [0.05, 0.1) is 12.3 Å². The summed E-state index contributed by atoms with van der Waals surface area (Å²) in [5.41, 5.74) is 1.82. The number of esters is 1. The van der Waals surface area contributed by atoms with Crippen LogP contribution in [0, 0.1) is 0 Å². The molecule has 1 aromatic carbocycles. The molecule has 0 radical (unpaired) electrons. The summed E-state index contributed by atoms with van der Waals surface area (Å²) in [7, 11) is 0. The number of carbonyl (C=O) groups is 1. The molecule has 1 aromatic rings. The van der Waals surface area contributed by atoms with E-state index in [4.69, 9.17) is 9.57 Å². The summed E-state index contributed by atoms with van der Waals surface area (Å²) in [6.07, 6.45) is 2.88. The van der Waals surface area contributed by atoms with Crippen molar-refractivity contribution >= 4 is 17.9 Å². The van der Waals surface area contributed by atoms with Crippen LogP contribution in [-0.4, -0.2) is 30.5 Å². The molecule has 0 bridgehead atoms. The Hall–Kier alpha value is -2.17. The number of aliphatic imine (C=N–C) groups is 1. The van der Waals surface area contributed by atoms with E-state index in [0.29, 0.717) is 26.1 Å². The van der Waals surface area contributed by atoms with Gasteiger partial charge in [0.1, 0.15) is 12.6 Å². The minimum absolute atomic E-state index is 0.270. The third-order valence-corrected chi connectivity index (χ3v) is 2.89. The fraction of sp³-hybridized carbons (Fsp3) is 0.400. The average molecular weight is 274 g/mol. The predicted octanol–water partition coefficient (Wildman–Crippen LogP) is 2.36. The van der Waals surface area contributed by atoms with Crippen molar-refractivity contribution in [2.24, 2.45) is 10.1 Å². The van der Waals surface area contributed by atoms with Gasteiger partial charge < -0.3 is 9.57 Å². The van der Waals surface area contributed by atoms with E-state index in [0.717, 1.165) is 11.3 Å². The zero-order valence-electron chi connectivity index (χ0n) is 11.5. The van der Waals surface area contributed by atoms with Crippen LogP contribution in [0.25, 0.3) is 0 Å². The molecule has 0 saturated heterocycles. The van der Waals surface area contributed by atoms with Crippen LogP contribution in [0.5, 0.6) is 0 Å². The van der Waals surface area contributed by atoms with Crippen LogP contribution < -0.4 is 0 Å². The Morgan fingerprint density at radius 3 is 2.85 bits per heavy atom. The van der Waals surface area contributed by atoms with Crippen LogP contribution in [0.2, 0.25) is 0 Å². The van der Waals surface area contributed by atoms with Gasteiger partial charge in [-0.3, -0.25) is 4.99 Å². The highest BCUT2D eigenvalue weighted by atomic mass is 16.6. The molecule has 20 heavy (non-hydrogen) atoms. The van der Waals surface area contributed by atoms with Gasteiger partial charge in [0.15, 0.2) is 0 Å². The molecular weight excluding hydrogens is 256 g/mol. The molecule has 0 aromatic heterocycles. The quantitative estimate of drug-likeness (QED) is 0.611. The number of benzene rings is 1. The Kier molecular flexibility index (Phi) is 5.29. The first-order valence-electron chi connectivity index (χ1n) is 6.72. The Labute approximate surface area is 118 Å². The van der Waals surface area contributed by atoms with E-state index in [-0.39, 0.29) is 5.97 Å². The minimum atomic E-state index is -0.400. The molecule has 1 heterocycles. The molecule has 0 unspecified atom stereocenters. The first-order valence-corrected chi connectivity index (χ1v) is 6.72. The van der Waals surface area contributed by atoms with E-state index in [9.17, 15) is 4.79 Å². The van der Waals surface area contributed by atoms with Crippen LogP contribution >= 0.6 is 0 Å². The van der Waals surface area contributed by atoms with Crippen LogP contribution in [0.3, 0.4) is 0 Å². The van der Waals surface area contributed by atoms with E-state index in [2.05, 4.69) is 10.1 Å². The number of nitrogens with zero attached hydrogens (tertiary/aromatic N) is 2. The van der Waals surface area contributed by atoms with Gasteiger partial charge in [0.2, 0.25) is 0 Å². The van der Waals surface area contributed by atoms with Gasteiger partial charge in [-0.15, -0.1) is 0 Å². The molecule has 5 heteroatoms. The second-order valence-electron chi connectivity index (χ2n) is 4.43. The van der Waals surface area contributed by atoms with Crippen molar-refractivity contribution in [3.05, 3.63) is 35.9 Å². The summed E-state index contributed by atoms with van der Waals surface area (Å²) in [5.74, 6) is -0.270. The Morgan fingerprint density at radius 2 is 2.20 bits per heavy atom. The average Bonchev–Trinajstić information content (AvgIpc) is 2.49. The summed E-state index contributed by atoms with van der Waals surface area (Å²) in [6.45, 7) is 2.60. The molecule has 0 spiro atoms. The molecule has 1 aliphatic heterocycles. The second-order valence-corrected chi connectivity index (χ2v) is 4.43. The molecule has 0 saturated carbocycles. The predicted molar refractivity (Wildman–Crippen MR) is 76.8 cm³/mol. The Morgan fingerprint density at radius 1 is 1.40 bits per heavy atom. The van der Waals surface area contributed by atoms with Gasteiger partial charge in [-0.1, -0.05) is 35.5 Å². The standard InChI is InChI=1S/C15H18N2O3/c1-2-19-15(18)14-9-8-13(10-16-14)17-20-11-12-6-4-3-5-7-12/h3-7,10,14H,2,8-9,11H2,1H3/t14-/m0/s1. The maximum atomic E-state index is 11.5. The van der Waals surface area contributed by atoms with Crippen LogP contribution in [-0.2, 0) is 21.0 Å². The van der Waals surface area contributed by atoms with E-state index in [1.807, 2.05) is 30.3 Å². The number of oxime groups is 1. The summed E-state index contributed by atoms with van der Waals surface area (Å²) in [4.78, 5) is 20.9. The van der Waals surface area contributed by atoms with Gasteiger partial charge >= 0.3 is 5.97 Å². The molecule has 0 amide bonds. The van der Waals surface area contributed by atoms with Gasteiger partial charge in [-0.05, 0) is 25.3 Å². The third kappa shape index (κ3) is 4.19. The first-order chi connectivity index (χ1) is 9.79. The highest BCUT2D eigenvalue weighted by molar-refractivity contribution is 6.31. The molecule has 0 aliphatic carbocycles. The zero-order valence-corrected chi connectivity index (χ0v) is 11.5. The number of ether oxygens (including phenoxy) is 1. The largest absolute Gasteiger partial charge is 0.464 e. The molecule has 5 nitrogen and oxygen atoms in total. The SMILES string of the molecule is CCOC(=O)[C@@H]1CCC(=NOCc2ccccc2)C=N1. The summed E-state index contributed by atoms with van der Waals surface area (Å²) in [6, 6.07) is 9.43. The van der Waals surface area contributed by atoms with Gasteiger partial charge in [0, 0.05) is 6.21 Å². The van der Waals surface area contributed by atoms with Crippen LogP contribution in [0.4, 0.5) is 0 Å². The van der Waals surface area contributed by atoms with Gasteiger partial charge in [-0.2, -0.15) is 0 Å². The van der Waals surface area contributed by atoms with Crippen molar-refractivity contribution in [3.63, 3.8) is 0 Å². The number of carbonyl (C=O) groups excluding carboxylic acids is 1. The monoisotopic (exact) mass is 274 g/mol. The Balaban J connectivity index is 1.82. The van der Waals surface area contributed by atoms with Crippen molar-refractivity contribution in [2.45, 2.75) is 32.4 Å². The lowest BCUT2D eigenvalue weighted by atomic mass is 10.1. The van der Waals surface area contributed by atoms with E-state index < -0.39 is 6.04 Å². The van der Waals surface area contributed by atoms with Crippen molar-refractivity contribution in [1.29, 1.82) is 0 Å². The molecule has 1 aliphatic rings. The fourth-order valence-corrected chi connectivity index (χ4v) is 1.85. The highest BCUT2D eigenvalue weighted by Gasteiger charge is 2.22. The first kappa shape index (κ1) is 14.2. The van der Waals surface area contributed by atoms with Crippen LogP contribution in [0.1, 0.15) is 25.3 Å². The second kappa shape index (κ2) is 7.43. The van der Waals surface area contributed by atoms with Crippen molar-refractivity contribution in [2.75, 3.05) is 6.61 Å². The number of hydrogen-bond donors (Lipinski definition) is 0. The molecule has 106 valence electrons. The van der Waals surface area contributed by atoms with E-state index in [1.54, 1.807) is 13.1 Å². The van der Waals surface area contributed by atoms with Crippen LogP contribution in [0.15, 0.2) is 40.5 Å². The lowest BCUT2D eigenvalue weighted by Crippen LogP contribution is -2.26. The summed E-state index contributed by atoms with van der Waals surface area (Å²) in [5, 5.41) is 4.03. The lowest BCUT2D eigenvalue weighted by Gasteiger charge is -2.15. The number of rotatable bonds is 5. The minimum Gasteiger partial charge on any atom is -0.464 e. The van der Waals surface area contributed by atoms with Gasteiger partial charge in [-0.25, -0.2) is 4.79 Å². The van der Waals surface area contributed by atoms with E-state index in [1.165, 1.54) is 0 Å². The van der Waals surface area contributed by atoms with Crippen molar-refractivity contribution in [3.8, 4) is 0 Å². The molecule has 1 atom stereocenters. The molecule has 0 N–H and O–H groups in total. The topological polar surface area (TPSA) is 60.2 Å². The number of hydrogen-bond acceptors (Lipinski definition) is 5. The highest BCUT2D eigenvalue weighted by Crippen LogP contribution is 2.11. The van der Waals surface area contributed by atoms with Crippen molar-refractivity contribution in [1.82, 2.24) is 0 Å². The molecule has 0 fully saturated rings. The maximum Gasteiger partial charge on any atom is 0.330 e. The molecular formula is C15H18N2O3. The smallest absolute Gasteiger partial charge is 0.330 e. The van der Waals surface area contributed by atoms with E-state index >= 15 is 0 Å². The Bertz CT molecular complexity index is 497. The normalized spacial score (nSPS) is 19.9. The fourth-order valence-electron chi connectivity index (χ4n) is 1.85. The van der Waals surface area contributed by atoms with Gasteiger partial charge in [0.25, 0.3) is 0 Å². The summed E-state index contributed by atoms with van der Waals surface area (Å²) >= 11 is 0. The maximum absolute atomic E-state index is 11.5. The zero-order chi connectivity index (χ0) is 14.2. The summed E-state index contributed by atoms with van der Waals surface area (Å²) < 4.78 is 4.93. The molecule has 2 rings (SSSR count). The van der Waals surface area contributed by atoms with Crippen molar-refractivity contribution < 1.29 is 14.4 Å². The lowest BCUT2D eigenvalue weighted by molar-refractivity contribution is -0.144. The third-order valence-electron chi connectivity index (χ3n) is 2.89.